The SMILES string of the molecule is O=C(C[C@H]1CN(C(=O)CC2CC2)CC[C@@H]1Oc1ccc(Cl)cc1)N1CCOCC1. The van der Waals surface area contributed by atoms with Gasteiger partial charge in [-0.25, -0.2) is 0 Å². The van der Waals surface area contributed by atoms with Crippen LogP contribution in [0.5, 0.6) is 5.75 Å². The zero-order valence-corrected chi connectivity index (χ0v) is 17.5. The van der Waals surface area contributed by atoms with Gasteiger partial charge in [0.15, 0.2) is 0 Å². The number of carbonyl (C=O) groups excluding carboxylic acids is 2. The van der Waals surface area contributed by atoms with Crippen molar-refractivity contribution in [1.29, 1.82) is 0 Å². The van der Waals surface area contributed by atoms with E-state index in [1.807, 2.05) is 21.9 Å². The Hall–Kier alpha value is -1.79. The predicted molar refractivity (Wildman–Crippen MR) is 110 cm³/mol. The van der Waals surface area contributed by atoms with E-state index in [2.05, 4.69) is 0 Å². The highest BCUT2D eigenvalue weighted by atomic mass is 35.5. The monoisotopic (exact) mass is 420 g/mol. The first kappa shape index (κ1) is 20.5. The van der Waals surface area contributed by atoms with E-state index in [1.165, 1.54) is 12.8 Å². The smallest absolute Gasteiger partial charge is 0.223 e. The van der Waals surface area contributed by atoms with Crippen molar-refractivity contribution < 1.29 is 19.1 Å². The topological polar surface area (TPSA) is 59.1 Å². The highest BCUT2D eigenvalue weighted by Crippen LogP contribution is 2.34. The van der Waals surface area contributed by atoms with Crippen LogP contribution < -0.4 is 4.74 Å². The molecule has 0 aromatic heterocycles. The maximum atomic E-state index is 12.9. The normalized spacial score (nSPS) is 25.0. The van der Waals surface area contributed by atoms with Crippen molar-refractivity contribution in [3.8, 4) is 5.75 Å². The van der Waals surface area contributed by atoms with Gasteiger partial charge < -0.3 is 19.3 Å². The first-order valence-electron chi connectivity index (χ1n) is 10.6. The molecule has 3 aliphatic rings. The molecule has 2 atom stereocenters. The third kappa shape index (κ3) is 5.64. The Balaban J connectivity index is 1.42. The molecule has 2 saturated heterocycles. The fraction of sp³-hybridized carbons (Fsp3) is 0.636. The summed E-state index contributed by atoms with van der Waals surface area (Å²) in [7, 11) is 0. The van der Waals surface area contributed by atoms with E-state index in [4.69, 9.17) is 21.1 Å². The average molecular weight is 421 g/mol. The van der Waals surface area contributed by atoms with Gasteiger partial charge in [0.25, 0.3) is 0 Å². The van der Waals surface area contributed by atoms with Crippen molar-refractivity contribution in [2.24, 2.45) is 11.8 Å². The molecule has 0 radical (unpaired) electrons. The first-order valence-corrected chi connectivity index (χ1v) is 11.0. The lowest BCUT2D eigenvalue weighted by atomic mass is 9.90. The Kier molecular flexibility index (Phi) is 6.60. The van der Waals surface area contributed by atoms with Crippen LogP contribution in [-0.2, 0) is 14.3 Å². The minimum atomic E-state index is -0.0915. The quantitative estimate of drug-likeness (QED) is 0.709. The molecule has 6 nitrogen and oxygen atoms in total. The molecule has 0 bridgehead atoms. The van der Waals surface area contributed by atoms with Crippen LogP contribution in [-0.4, -0.2) is 67.1 Å². The van der Waals surface area contributed by atoms with Crippen LogP contribution in [0.15, 0.2) is 24.3 Å². The molecule has 7 heteroatoms. The molecule has 1 aromatic rings. The molecular weight excluding hydrogens is 392 g/mol. The molecule has 0 N–H and O–H groups in total. The van der Waals surface area contributed by atoms with Gasteiger partial charge in [-0.2, -0.15) is 0 Å². The molecule has 2 amide bonds. The summed E-state index contributed by atoms with van der Waals surface area (Å²) < 4.78 is 11.6. The van der Waals surface area contributed by atoms with Crippen molar-refractivity contribution in [3.63, 3.8) is 0 Å². The van der Waals surface area contributed by atoms with Gasteiger partial charge >= 0.3 is 0 Å². The Bertz CT molecular complexity index is 716. The Morgan fingerprint density at radius 2 is 1.66 bits per heavy atom. The largest absolute Gasteiger partial charge is 0.490 e. The summed E-state index contributed by atoms with van der Waals surface area (Å²) in [4.78, 5) is 29.3. The second-order valence-corrected chi connectivity index (χ2v) is 8.78. The third-order valence-corrected chi connectivity index (χ3v) is 6.33. The molecular formula is C22H29ClN2O4. The van der Waals surface area contributed by atoms with E-state index in [0.717, 1.165) is 12.2 Å². The summed E-state index contributed by atoms with van der Waals surface area (Å²) in [6.45, 7) is 3.73. The molecule has 0 unspecified atom stereocenters. The maximum Gasteiger partial charge on any atom is 0.223 e. The van der Waals surface area contributed by atoms with Crippen molar-refractivity contribution in [2.45, 2.75) is 38.2 Å². The lowest BCUT2D eigenvalue weighted by molar-refractivity contribution is -0.141. The molecule has 2 heterocycles. The van der Waals surface area contributed by atoms with Crippen LogP contribution in [0.2, 0.25) is 5.02 Å². The minimum Gasteiger partial charge on any atom is -0.490 e. The van der Waals surface area contributed by atoms with E-state index in [-0.39, 0.29) is 23.8 Å². The van der Waals surface area contributed by atoms with Crippen molar-refractivity contribution in [1.82, 2.24) is 9.80 Å². The molecule has 29 heavy (non-hydrogen) atoms. The van der Waals surface area contributed by atoms with E-state index in [0.29, 0.717) is 63.2 Å². The number of hydrogen-bond donors (Lipinski definition) is 0. The van der Waals surface area contributed by atoms with E-state index >= 15 is 0 Å². The molecule has 0 spiro atoms. The van der Waals surface area contributed by atoms with Crippen LogP contribution in [0.4, 0.5) is 0 Å². The van der Waals surface area contributed by atoms with E-state index in [9.17, 15) is 9.59 Å². The van der Waals surface area contributed by atoms with Gasteiger partial charge in [-0.05, 0) is 43.0 Å². The van der Waals surface area contributed by atoms with Crippen LogP contribution in [0.25, 0.3) is 0 Å². The van der Waals surface area contributed by atoms with E-state index < -0.39 is 0 Å². The minimum absolute atomic E-state index is 0.0158. The number of rotatable bonds is 6. The third-order valence-electron chi connectivity index (χ3n) is 6.08. The molecule has 1 saturated carbocycles. The Morgan fingerprint density at radius 3 is 2.34 bits per heavy atom. The Morgan fingerprint density at radius 1 is 0.966 bits per heavy atom. The predicted octanol–water partition coefficient (Wildman–Crippen LogP) is 2.98. The number of amides is 2. The molecule has 4 rings (SSSR count). The zero-order valence-electron chi connectivity index (χ0n) is 16.7. The van der Waals surface area contributed by atoms with Gasteiger partial charge in [-0.15, -0.1) is 0 Å². The van der Waals surface area contributed by atoms with Gasteiger partial charge in [-0.1, -0.05) is 11.6 Å². The number of ether oxygens (including phenoxy) is 2. The Labute approximate surface area is 177 Å². The zero-order chi connectivity index (χ0) is 20.2. The number of halogens is 1. The second-order valence-electron chi connectivity index (χ2n) is 8.34. The maximum absolute atomic E-state index is 12.9. The van der Waals surface area contributed by atoms with Gasteiger partial charge in [-0.3, -0.25) is 9.59 Å². The standard InChI is InChI=1S/C22H29ClN2O4/c23-18-3-5-19(6-4-18)29-20-7-8-25(21(26)13-16-1-2-16)15-17(20)14-22(27)24-9-11-28-12-10-24/h3-6,16-17,20H,1-2,7-15H2/t17-,20-/m0/s1. The molecule has 3 fully saturated rings. The van der Waals surface area contributed by atoms with Crippen LogP contribution >= 0.6 is 11.6 Å². The number of hydrogen-bond acceptors (Lipinski definition) is 4. The summed E-state index contributed by atoms with van der Waals surface area (Å²) in [5.41, 5.74) is 0. The number of likely N-dealkylation sites (tertiary alicyclic amines) is 1. The molecule has 2 aliphatic heterocycles. The number of carbonyl (C=O) groups is 2. The lowest BCUT2D eigenvalue weighted by Gasteiger charge is -2.39. The second kappa shape index (κ2) is 9.35. The van der Waals surface area contributed by atoms with Gasteiger partial charge in [0.1, 0.15) is 11.9 Å². The highest BCUT2D eigenvalue weighted by Gasteiger charge is 2.36. The summed E-state index contributed by atoms with van der Waals surface area (Å²) in [5, 5.41) is 0.664. The molecule has 1 aromatic carbocycles. The van der Waals surface area contributed by atoms with Crippen LogP contribution in [0, 0.1) is 11.8 Å². The number of nitrogens with zero attached hydrogens (tertiary/aromatic N) is 2. The molecule has 1 aliphatic carbocycles. The summed E-state index contributed by atoms with van der Waals surface area (Å²) in [5.74, 6) is 1.65. The average Bonchev–Trinajstić information content (AvgIpc) is 3.55. The number of benzene rings is 1. The van der Waals surface area contributed by atoms with Gasteiger partial charge in [0.2, 0.25) is 11.8 Å². The van der Waals surface area contributed by atoms with Crippen molar-refractivity contribution in [3.05, 3.63) is 29.3 Å². The summed E-state index contributed by atoms with van der Waals surface area (Å²) in [6, 6.07) is 7.32. The number of piperidine rings is 1. The van der Waals surface area contributed by atoms with Crippen LogP contribution in [0.1, 0.15) is 32.1 Å². The van der Waals surface area contributed by atoms with Crippen molar-refractivity contribution >= 4 is 23.4 Å². The lowest BCUT2D eigenvalue weighted by Crippen LogP contribution is -2.50. The summed E-state index contributed by atoms with van der Waals surface area (Å²) >= 11 is 5.98. The van der Waals surface area contributed by atoms with Crippen molar-refractivity contribution in [2.75, 3.05) is 39.4 Å². The highest BCUT2D eigenvalue weighted by molar-refractivity contribution is 6.30. The van der Waals surface area contributed by atoms with Crippen LogP contribution in [0.3, 0.4) is 0 Å². The molecule has 158 valence electrons. The fourth-order valence-electron chi connectivity index (χ4n) is 4.14. The summed E-state index contributed by atoms with van der Waals surface area (Å²) in [6.07, 6.45) is 4.02. The number of morpholine rings is 1. The van der Waals surface area contributed by atoms with E-state index in [1.54, 1.807) is 12.1 Å². The first-order chi connectivity index (χ1) is 14.1. The van der Waals surface area contributed by atoms with Gasteiger partial charge in [0.05, 0.1) is 13.2 Å². The fourth-order valence-corrected chi connectivity index (χ4v) is 4.27. The van der Waals surface area contributed by atoms with Gasteiger partial charge in [0, 0.05) is 56.4 Å².